The molecule has 0 aliphatic carbocycles. The number of carbonyl (C=O) groups excluding carboxylic acids is 2. The summed E-state index contributed by atoms with van der Waals surface area (Å²) in [5.41, 5.74) is -0.202. The molecule has 3 heterocycles. The van der Waals surface area contributed by atoms with E-state index in [2.05, 4.69) is 20.7 Å². The second-order valence-electron chi connectivity index (χ2n) is 6.94. The van der Waals surface area contributed by atoms with E-state index in [1.165, 1.54) is 18.2 Å². The summed E-state index contributed by atoms with van der Waals surface area (Å²) in [7, 11) is 0. The molecule has 34 heavy (non-hydrogen) atoms. The largest absolute Gasteiger partial charge is 0.477 e. The van der Waals surface area contributed by atoms with Gasteiger partial charge in [0.1, 0.15) is 22.1 Å². The number of carbonyl (C=O) groups is 3. The Morgan fingerprint density at radius 3 is 2.50 bits per heavy atom. The Labute approximate surface area is 199 Å². The van der Waals surface area contributed by atoms with Crippen molar-refractivity contribution in [3.63, 3.8) is 0 Å². The number of aromatic carboxylic acids is 1. The first-order chi connectivity index (χ1) is 16.2. The lowest BCUT2D eigenvalue weighted by Crippen LogP contribution is -2.28. The van der Waals surface area contributed by atoms with E-state index < -0.39 is 29.4 Å². The molecular weight excluding hydrogens is 492 g/mol. The number of amides is 2. The summed E-state index contributed by atoms with van der Waals surface area (Å²) in [5.74, 6) is -3.90. The van der Waals surface area contributed by atoms with Crippen LogP contribution in [-0.4, -0.2) is 37.5 Å². The van der Waals surface area contributed by atoms with Crippen LogP contribution in [0.1, 0.15) is 41.1 Å². The van der Waals surface area contributed by atoms with Crippen molar-refractivity contribution in [1.29, 1.82) is 0 Å². The van der Waals surface area contributed by atoms with E-state index in [1.807, 2.05) is 0 Å². The highest BCUT2D eigenvalue weighted by molar-refractivity contribution is 7.13. The number of nitrogens with zero attached hydrogens (tertiary/aromatic N) is 3. The van der Waals surface area contributed by atoms with E-state index in [1.54, 1.807) is 6.07 Å². The zero-order valence-electron chi connectivity index (χ0n) is 17.0. The number of hydrogen-bond donors (Lipinski definition) is 3. The van der Waals surface area contributed by atoms with Crippen molar-refractivity contribution in [2.75, 3.05) is 0 Å². The number of hydrogen-bond acceptors (Lipinski definition) is 6. The van der Waals surface area contributed by atoms with E-state index >= 15 is 0 Å². The number of benzene rings is 1. The summed E-state index contributed by atoms with van der Waals surface area (Å²) >= 11 is 6.73. The average molecular weight is 506 g/mol. The van der Waals surface area contributed by atoms with E-state index in [9.17, 15) is 23.2 Å². The van der Waals surface area contributed by atoms with E-state index in [-0.39, 0.29) is 40.0 Å². The first-order valence-electron chi connectivity index (χ1n) is 9.59. The Hall–Kier alpha value is -3.90. The van der Waals surface area contributed by atoms with Crippen LogP contribution in [0.5, 0.6) is 0 Å². The van der Waals surface area contributed by atoms with Crippen LogP contribution in [0.3, 0.4) is 0 Å². The third kappa shape index (κ3) is 4.87. The lowest BCUT2D eigenvalue weighted by atomic mass is 10.2. The van der Waals surface area contributed by atoms with Gasteiger partial charge in [0, 0.05) is 17.5 Å². The molecule has 2 amide bonds. The van der Waals surface area contributed by atoms with Gasteiger partial charge in [-0.1, -0.05) is 17.7 Å². The normalized spacial score (nSPS) is 10.9. The van der Waals surface area contributed by atoms with Gasteiger partial charge in [-0.2, -0.15) is 5.10 Å². The fraction of sp³-hybridized carbons (Fsp3) is 0.0952. The predicted octanol–water partition coefficient (Wildman–Crippen LogP) is 3.28. The molecular formula is C21H14ClF2N5O4S. The van der Waals surface area contributed by atoms with Crippen LogP contribution in [0.2, 0.25) is 5.02 Å². The Balaban J connectivity index is 1.54. The molecule has 0 saturated heterocycles. The SMILES string of the molecule is O=C(NCc1ccc(F)c(Cl)c1)c1cc(C(=O)NCc2ccc(C(=O)O)s2)n2ncc(F)c2n1. The molecule has 0 aliphatic rings. The highest BCUT2D eigenvalue weighted by Crippen LogP contribution is 2.18. The van der Waals surface area contributed by atoms with Gasteiger partial charge >= 0.3 is 5.97 Å². The summed E-state index contributed by atoms with van der Waals surface area (Å²) in [6.07, 6.45) is 0.861. The van der Waals surface area contributed by atoms with Crippen molar-refractivity contribution >= 4 is 46.4 Å². The molecule has 0 atom stereocenters. The van der Waals surface area contributed by atoms with E-state index in [0.29, 0.717) is 10.4 Å². The molecule has 0 unspecified atom stereocenters. The number of halogens is 3. The number of carboxylic acids is 1. The van der Waals surface area contributed by atoms with Crippen molar-refractivity contribution in [3.05, 3.63) is 86.0 Å². The summed E-state index contributed by atoms with van der Waals surface area (Å²) in [6, 6.07) is 8.07. The zero-order chi connectivity index (χ0) is 24.4. The molecule has 13 heteroatoms. The first-order valence-corrected chi connectivity index (χ1v) is 10.8. The average Bonchev–Trinajstić information content (AvgIpc) is 3.44. The summed E-state index contributed by atoms with van der Waals surface area (Å²) in [6.45, 7) is -0.00351. The third-order valence-electron chi connectivity index (χ3n) is 4.63. The predicted molar refractivity (Wildman–Crippen MR) is 118 cm³/mol. The molecule has 3 N–H and O–H groups in total. The van der Waals surface area contributed by atoms with Gasteiger partial charge in [-0.25, -0.2) is 23.1 Å². The fourth-order valence-corrected chi connectivity index (χ4v) is 3.97. The quantitative estimate of drug-likeness (QED) is 0.354. The molecule has 3 aromatic heterocycles. The first kappa shape index (κ1) is 23.3. The van der Waals surface area contributed by atoms with Gasteiger partial charge < -0.3 is 15.7 Å². The second-order valence-corrected chi connectivity index (χ2v) is 8.51. The fourth-order valence-electron chi connectivity index (χ4n) is 2.98. The molecule has 0 radical (unpaired) electrons. The maximum atomic E-state index is 14.2. The highest BCUT2D eigenvalue weighted by atomic mass is 35.5. The molecule has 4 rings (SSSR count). The lowest BCUT2D eigenvalue weighted by molar-refractivity contribution is 0.0701. The second kappa shape index (κ2) is 9.53. The lowest BCUT2D eigenvalue weighted by Gasteiger charge is -2.09. The molecule has 174 valence electrons. The molecule has 0 spiro atoms. The monoisotopic (exact) mass is 505 g/mol. The number of carboxylic acid groups (broad SMARTS) is 1. The Bertz CT molecular complexity index is 1440. The maximum Gasteiger partial charge on any atom is 0.345 e. The molecule has 9 nitrogen and oxygen atoms in total. The van der Waals surface area contributed by atoms with Gasteiger partial charge in [-0.05, 0) is 29.8 Å². The van der Waals surface area contributed by atoms with Crippen LogP contribution < -0.4 is 10.6 Å². The van der Waals surface area contributed by atoms with Crippen molar-refractivity contribution in [3.8, 4) is 0 Å². The van der Waals surface area contributed by atoms with Gasteiger partial charge in [0.15, 0.2) is 11.5 Å². The van der Waals surface area contributed by atoms with Gasteiger partial charge in [0.05, 0.1) is 17.8 Å². The van der Waals surface area contributed by atoms with Crippen LogP contribution in [0.4, 0.5) is 8.78 Å². The summed E-state index contributed by atoms with van der Waals surface area (Å²) < 4.78 is 28.4. The minimum Gasteiger partial charge on any atom is -0.477 e. The minimum atomic E-state index is -1.08. The highest BCUT2D eigenvalue weighted by Gasteiger charge is 2.20. The van der Waals surface area contributed by atoms with Crippen molar-refractivity contribution in [1.82, 2.24) is 25.2 Å². The summed E-state index contributed by atoms with van der Waals surface area (Å²) in [4.78, 5) is 41.1. The smallest absolute Gasteiger partial charge is 0.345 e. The van der Waals surface area contributed by atoms with Crippen LogP contribution in [0, 0.1) is 11.6 Å². The van der Waals surface area contributed by atoms with E-state index in [0.717, 1.165) is 34.2 Å². The Kier molecular flexibility index (Phi) is 6.52. The molecule has 0 fully saturated rings. The number of aromatic nitrogens is 3. The van der Waals surface area contributed by atoms with Crippen LogP contribution in [-0.2, 0) is 13.1 Å². The molecule has 1 aromatic carbocycles. The molecule has 0 aliphatic heterocycles. The third-order valence-corrected chi connectivity index (χ3v) is 5.99. The van der Waals surface area contributed by atoms with Gasteiger partial charge in [-0.3, -0.25) is 9.59 Å². The maximum absolute atomic E-state index is 14.2. The number of nitrogens with one attached hydrogen (secondary N) is 2. The number of thiophene rings is 1. The van der Waals surface area contributed by atoms with Crippen LogP contribution in [0.25, 0.3) is 5.65 Å². The van der Waals surface area contributed by atoms with Crippen molar-refractivity contribution < 1.29 is 28.3 Å². The Morgan fingerprint density at radius 1 is 1.03 bits per heavy atom. The zero-order valence-corrected chi connectivity index (χ0v) is 18.6. The molecule has 0 saturated carbocycles. The van der Waals surface area contributed by atoms with Crippen molar-refractivity contribution in [2.45, 2.75) is 13.1 Å². The van der Waals surface area contributed by atoms with Crippen LogP contribution >= 0.6 is 22.9 Å². The minimum absolute atomic E-state index is 0.0111. The molecule has 4 aromatic rings. The Morgan fingerprint density at radius 2 is 1.79 bits per heavy atom. The van der Waals surface area contributed by atoms with Crippen molar-refractivity contribution in [2.24, 2.45) is 0 Å². The van der Waals surface area contributed by atoms with Gasteiger partial charge in [0.25, 0.3) is 11.8 Å². The van der Waals surface area contributed by atoms with Crippen LogP contribution in [0.15, 0.2) is 42.6 Å². The topological polar surface area (TPSA) is 126 Å². The summed E-state index contributed by atoms with van der Waals surface area (Å²) in [5, 5.41) is 17.8. The number of fused-ring (bicyclic) bond motifs is 1. The molecule has 0 bridgehead atoms. The van der Waals surface area contributed by atoms with Gasteiger partial charge in [0.2, 0.25) is 0 Å². The standard InChI is InChI=1S/C21H14ClF2N5O4S/c22-12-5-10(1-3-13(12)23)7-25-19(30)15-6-16(29-18(28-15)14(24)9-27-29)20(31)26-8-11-2-4-17(34-11)21(32)33/h1-6,9H,7-8H2,(H,25,30)(H,26,31)(H,32,33). The van der Waals surface area contributed by atoms with E-state index in [4.69, 9.17) is 16.7 Å². The van der Waals surface area contributed by atoms with Gasteiger partial charge in [-0.15, -0.1) is 11.3 Å². The number of rotatable bonds is 7.